The van der Waals surface area contributed by atoms with Gasteiger partial charge >= 0.3 is 0 Å². The fraction of sp³-hybridized carbons (Fsp3) is 0.438. The molecule has 1 aromatic carbocycles. The summed E-state index contributed by atoms with van der Waals surface area (Å²) in [7, 11) is 1.98. The van der Waals surface area contributed by atoms with E-state index in [0.717, 1.165) is 6.54 Å². The Kier molecular flexibility index (Phi) is 4.05. The van der Waals surface area contributed by atoms with Gasteiger partial charge in [0.2, 0.25) is 0 Å². The van der Waals surface area contributed by atoms with Crippen LogP contribution in [0.3, 0.4) is 0 Å². The van der Waals surface area contributed by atoms with Crippen molar-refractivity contribution in [2.24, 2.45) is 7.05 Å². The summed E-state index contributed by atoms with van der Waals surface area (Å²) in [6.45, 7) is 9.47. The van der Waals surface area contributed by atoms with Crippen LogP contribution < -0.4 is 5.32 Å². The molecule has 0 amide bonds. The van der Waals surface area contributed by atoms with Crippen molar-refractivity contribution in [1.29, 1.82) is 0 Å². The van der Waals surface area contributed by atoms with Crippen molar-refractivity contribution in [1.82, 2.24) is 15.1 Å². The number of hydrogen-bond donors (Lipinski definition) is 1. The van der Waals surface area contributed by atoms with E-state index >= 15 is 0 Å². The zero-order valence-electron chi connectivity index (χ0n) is 12.5. The molecule has 0 aliphatic rings. The lowest BCUT2D eigenvalue weighted by Gasteiger charge is -2.14. The van der Waals surface area contributed by atoms with E-state index in [1.165, 1.54) is 27.9 Å². The molecule has 0 aliphatic carbocycles. The number of aryl methyl sites for hydroxylation is 3. The summed E-state index contributed by atoms with van der Waals surface area (Å²) in [6.07, 6.45) is 1.95. The molecule has 3 nitrogen and oxygen atoms in total. The Balaban J connectivity index is 2.04. The predicted octanol–water partition coefficient (Wildman–Crippen LogP) is 3.20. The molecule has 0 radical (unpaired) electrons. The highest BCUT2D eigenvalue weighted by atomic mass is 15.3. The summed E-state index contributed by atoms with van der Waals surface area (Å²) in [4.78, 5) is 0. The van der Waals surface area contributed by atoms with Crippen molar-refractivity contribution in [3.63, 3.8) is 0 Å². The molecule has 0 saturated carbocycles. The summed E-state index contributed by atoms with van der Waals surface area (Å²) in [6, 6.07) is 7.00. The molecule has 0 saturated heterocycles. The van der Waals surface area contributed by atoms with Gasteiger partial charge in [0.05, 0.1) is 6.20 Å². The van der Waals surface area contributed by atoms with Crippen molar-refractivity contribution < 1.29 is 0 Å². The zero-order valence-corrected chi connectivity index (χ0v) is 12.5. The van der Waals surface area contributed by atoms with Gasteiger partial charge in [0.15, 0.2) is 0 Å². The van der Waals surface area contributed by atoms with Crippen LogP contribution in [0.1, 0.15) is 40.9 Å². The number of benzene rings is 1. The van der Waals surface area contributed by atoms with Gasteiger partial charge in [0, 0.05) is 30.9 Å². The fourth-order valence-corrected chi connectivity index (χ4v) is 2.49. The van der Waals surface area contributed by atoms with E-state index in [1.807, 2.05) is 17.9 Å². The fourth-order valence-electron chi connectivity index (χ4n) is 2.49. The van der Waals surface area contributed by atoms with Gasteiger partial charge in [0.25, 0.3) is 0 Å². The molecule has 3 heteroatoms. The first-order chi connectivity index (χ1) is 8.97. The van der Waals surface area contributed by atoms with E-state index in [4.69, 9.17) is 0 Å². The van der Waals surface area contributed by atoms with Crippen LogP contribution in [0, 0.1) is 20.8 Å². The second-order valence-electron chi connectivity index (χ2n) is 5.41. The molecule has 0 bridgehead atoms. The summed E-state index contributed by atoms with van der Waals surface area (Å²) in [5, 5.41) is 7.87. The maximum Gasteiger partial charge on any atom is 0.0540 e. The van der Waals surface area contributed by atoms with Gasteiger partial charge in [0.1, 0.15) is 0 Å². The van der Waals surface area contributed by atoms with Crippen LogP contribution in [0.15, 0.2) is 24.4 Å². The summed E-state index contributed by atoms with van der Waals surface area (Å²) < 4.78 is 1.92. The van der Waals surface area contributed by atoms with Gasteiger partial charge in [-0.1, -0.05) is 29.3 Å². The lowest BCUT2D eigenvalue weighted by Crippen LogP contribution is -2.18. The highest BCUT2D eigenvalue weighted by molar-refractivity contribution is 5.28. The monoisotopic (exact) mass is 257 g/mol. The smallest absolute Gasteiger partial charge is 0.0540 e. The maximum atomic E-state index is 4.30. The van der Waals surface area contributed by atoms with Crippen molar-refractivity contribution in [3.8, 4) is 0 Å². The number of hydrogen-bond acceptors (Lipinski definition) is 2. The van der Waals surface area contributed by atoms with Gasteiger partial charge in [-0.2, -0.15) is 5.10 Å². The van der Waals surface area contributed by atoms with E-state index in [9.17, 15) is 0 Å². The lowest BCUT2D eigenvalue weighted by molar-refractivity contribution is 0.570. The van der Waals surface area contributed by atoms with Crippen molar-refractivity contribution in [2.75, 3.05) is 0 Å². The van der Waals surface area contributed by atoms with Gasteiger partial charge in [-0.05, 0) is 33.3 Å². The van der Waals surface area contributed by atoms with E-state index in [2.05, 4.69) is 56.3 Å². The minimum absolute atomic E-state index is 0.314. The molecule has 0 spiro atoms. The average molecular weight is 257 g/mol. The second-order valence-corrected chi connectivity index (χ2v) is 5.41. The van der Waals surface area contributed by atoms with Crippen LogP contribution in [0.25, 0.3) is 0 Å². The first-order valence-electron chi connectivity index (χ1n) is 6.76. The second kappa shape index (κ2) is 5.57. The molecular formula is C16H23N3. The Hall–Kier alpha value is -1.61. The molecule has 1 N–H and O–H groups in total. The first-order valence-corrected chi connectivity index (χ1v) is 6.76. The number of nitrogens with one attached hydrogen (secondary N) is 1. The lowest BCUT2D eigenvalue weighted by atomic mass is 10.1. The molecule has 19 heavy (non-hydrogen) atoms. The largest absolute Gasteiger partial charge is 0.306 e. The third-order valence-electron chi connectivity index (χ3n) is 3.63. The minimum Gasteiger partial charge on any atom is -0.306 e. The Labute approximate surface area is 115 Å². The molecule has 1 unspecified atom stereocenters. The topological polar surface area (TPSA) is 29.9 Å². The Morgan fingerprint density at radius 3 is 2.32 bits per heavy atom. The van der Waals surface area contributed by atoms with Crippen LogP contribution in [-0.2, 0) is 13.6 Å². The molecule has 1 heterocycles. The van der Waals surface area contributed by atoms with E-state index in [-0.39, 0.29) is 0 Å². The third-order valence-corrected chi connectivity index (χ3v) is 3.63. The maximum absolute atomic E-state index is 4.30. The van der Waals surface area contributed by atoms with Crippen LogP contribution in [0.5, 0.6) is 0 Å². The van der Waals surface area contributed by atoms with Gasteiger partial charge in [-0.3, -0.25) is 4.68 Å². The number of rotatable bonds is 4. The van der Waals surface area contributed by atoms with Gasteiger partial charge in [-0.25, -0.2) is 0 Å². The van der Waals surface area contributed by atoms with Crippen molar-refractivity contribution in [2.45, 2.75) is 40.3 Å². The van der Waals surface area contributed by atoms with Crippen molar-refractivity contribution in [3.05, 3.63) is 52.3 Å². The molecule has 0 fully saturated rings. The quantitative estimate of drug-likeness (QED) is 0.911. The van der Waals surface area contributed by atoms with E-state index < -0.39 is 0 Å². The molecular weight excluding hydrogens is 234 g/mol. The van der Waals surface area contributed by atoms with Crippen LogP contribution in [0.2, 0.25) is 0 Å². The van der Waals surface area contributed by atoms with Crippen LogP contribution in [-0.4, -0.2) is 9.78 Å². The highest BCUT2D eigenvalue weighted by Gasteiger charge is 2.11. The zero-order chi connectivity index (χ0) is 14.0. The average Bonchev–Trinajstić information content (AvgIpc) is 2.66. The number of aromatic nitrogens is 2. The van der Waals surface area contributed by atoms with E-state index in [0.29, 0.717) is 6.04 Å². The van der Waals surface area contributed by atoms with Crippen molar-refractivity contribution >= 4 is 0 Å². The Morgan fingerprint density at radius 2 is 1.79 bits per heavy atom. The Bertz CT molecular complexity index is 549. The Morgan fingerprint density at radius 1 is 1.16 bits per heavy atom. The molecule has 102 valence electrons. The molecule has 1 atom stereocenters. The summed E-state index contributed by atoms with van der Waals surface area (Å²) in [5.74, 6) is 0. The first kappa shape index (κ1) is 13.8. The number of nitrogens with zero attached hydrogens (tertiary/aromatic N) is 2. The molecule has 2 aromatic rings. The third kappa shape index (κ3) is 3.24. The highest BCUT2D eigenvalue weighted by Crippen LogP contribution is 2.17. The van der Waals surface area contributed by atoms with Crippen LogP contribution in [0.4, 0.5) is 0 Å². The SMILES string of the molecule is Cc1cc(C)cc(CNC(C)c2cnn(C)c2C)c1. The van der Waals surface area contributed by atoms with Gasteiger partial charge < -0.3 is 5.32 Å². The van der Waals surface area contributed by atoms with Gasteiger partial charge in [-0.15, -0.1) is 0 Å². The predicted molar refractivity (Wildman–Crippen MR) is 79.1 cm³/mol. The molecule has 0 aliphatic heterocycles. The molecule has 2 rings (SSSR count). The van der Waals surface area contributed by atoms with E-state index in [1.54, 1.807) is 0 Å². The summed E-state index contributed by atoms with van der Waals surface area (Å²) in [5.41, 5.74) is 6.47. The summed E-state index contributed by atoms with van der Waals surface area (Å²) >= 11 is 0. The van der Waals surface area contributed by atoms with Crippen LogP contribution >= 0.6 is 0 Å². The minimum atomic E-state index is 0.314. The molecule has 1 aromatic heterocycles. The standard InChI is InChI=1S/C16H23N3/c1-11-6-12(2)8-15(7-11)9-17-13(3)16-10-18-19(5)14(16)4/h6-8,10,13,17H,9H2,1-5H3. The normalized spacial score (nSPS) is 12.7.